The van der Waals surface area contributed by atoms with Crippen LogP contribution in [-0.4, -0.2) is 22.0 Å². The summed E-state index contributed by atoms with van der Waals surface area (Å²) >= 11 is 0. The van der Waals surface area contributed by atoms with Gasteiger partial charge in [0.1, 0.15) is 5.69 Å². The van der Waals surface area contributed by atoms with Crippen LogP contribution in [0.25, 0.3) is 0 Å². The minimum atomic E-state index is -1.16. The fourth-order valence-corrected chi connectivity index (χ4v) is 2.98. The predicted octanol–water partition coefficient (Wildman–Crippen LogP) is 3.67. The summed E-state index contributed by atoms with van der Waals surface area (Å²) < 4.78 is 0. The summed E-state index contributed by atoms with van der Waals surface area (Å²) in [5.74, 6) is -1.16. The highest BCUT2D eigenvalue weighted by molar-refractivity contribution is 5.89. The molecule has 0 spiro atoms. The number of carboxylic acid groups (broad SMARTS) is 1. The lowest BCUT2D eigenvalue weighted by atomic mass is 9.75. The fourth-order valence-electron chi connectivity index (χ4n) is 2.98. The molecule has 1 unspecified atom stereocenters. The maximum atomic E-state index is 11.1. The van der Waals surface area contributed by atoms with Gasteiger partial charge >= 0.3 is 5.97 Å². The average molecular weight is 292 g/mol. The monoisotopic (exact) mass is 292 g/mol. The molecule has 1 fully saturated rings. The molecule has 1 aromatic rings. The molecule has 0 saturated heterocycles. The third kappa shape index (κ3) is 3.71. The summed E-state index contributed by atoms with van der Waals surface area (Å²) in [7, 11) is 0. The van der Waals surface area contributed by atoms with E-state index in [1.807, 2.05) is 0 Å². The van der Waals surface area contributed by atoms with Crippen molar-refractivity contribution in [2.45, 2.75) is 45.6 Å². The van der Waals surface area contributed by atoms with E-state index >= 15 is 0 Å². The van der Waals surface area contributed by atoms with Gasteiger partial charge in [-0.2, -0.15) is 0 Å². The van der Waals surface area contributed by atoms with Crippen molar-refractivity contribution in [1.82, 2.24) is 0 Å². The van der Waals surface area contributed by atoms with Gasteiger partial charge in [0.05, 0.1) is 10.5 Å². The zero-order valence-corrected chi connectivity index (χ0v) is 12.3. The highest BCUT2D eigenvalue weighted by Crippen LogP contribution is 2.37. The van der Waals surface area contributed by atoms with Crippen molar-refractivity contribution in [2.75, 3.05) is 5.32 Å². The Balaban J connectivity index is 2.23. The van der Waals surface area contributed by atoms with Crippen LogP contribution in [-0.2, 0) is 0 Å². The summed E-state index contributed by atoms with van der Waals surface area (Å²) in [4.78, 5) is 21.5. The Bertz CT molecular complexity index is 569. The largest absolute Gasteiger partial charge is 0.478 e. The molecule has 0 aromatic heterocycles. The highest BCUT2D eigenvalue weighted by Gasteiger charge is 2.29. The van der Waals surface area contributed by atoms with Crippen LogP contribution in [0, 0.1) is 15.5 Å². The van der Waals surface area contributed by atoms with Gasteiger partial charge in [0, 0.05) is 12.1 Å². The first kappa shape index (κ1) is 15.3. The topological polar surface area (TPSA) is 92.5 Å². The van der Waals surface area contributed by atoms with E-state index in [0.29, 0.717) is 5.69 Å². The van der Waals surface area contributed by atoms with Crippen molar-refractivity contribution < 1.29 is 14.8 Å². The SMILES string of the molecule is CC1(C)CCCC(Nc2ccc(C(=O)O)cc2[N+](=O)[O-])C1. The summed E-state index contributed by atoms with van der Waals surface area (Å²) in [6.07, 6.45) is 4.17. The predicted molar refractivity (Wildman–Crippen MR) is 79.7 cm³/mol. The molecule has 1 saturated carbocycles. The number of nitrogens with zero attached hydrogens (tertiary/aromatic N) is 1. The van der Waals surface area contributed by atoms with Crippen molar-refractivity contribution in [2.24, 2.45) is 5.41 Å². The van der Waals surface area contributed by atoms with Gasteiger partial charge in [-0.25, -0.2) is 4.79 Å². The molecule has 6 heteroatoms. The van der Waals surface area contributed by atoms with Gasteiger partial charge in [0.25, 0.3) is 5.69 Å². The molecule has 0 radical (unpaired) electrons. The molecule has 0 aliphatic heterocycles. The molecule has 1 atom stereocenters. The molecule has 2 rings (SSSR count). The van der Waals surface area contributed by atoms with E-state index in [2.05, 4.69) is 19.2 Å². The van der Waals surface area contributed by atoms with Crippen molar-refractivity contribution in [3.05, 3.63) is 33.9 Å². The van der Waals surface area contributed by atoms with E-state index in [0.717, 1.165) is 31.7 Å². The minimum Gasteiger partial charge on any atom is -0.478 e. The van der Waals surface area contributed by atoms with Crippen LogP contribution >= 0.6 is 0 Å². The number of hydrogen-bond acceptors (Lipinski definition) is 4. The number of nitro groups is 1. The Morgan fingerprint density at radius 2 is 2.19 bits per heavy atom. The van der Waals surface area contributed by atoms with Crippen LogP contribution in [0.2, 0.25) is 0 Å². The van der Waals surface area contributed by atoms with Gasteiger partial charge in [0.2, 0.25) is 0 Å². The molecular weight excluding hydrogens is 272 g/mol. The van der Waals surface area contributed by atoms with Gasteiger partial charge < -0.3 is 10.4 Å². The molecule has 6 nitrogen and oxygen atoms in total. The Labute approximate surface area is 123 Å². The maximum absolute atomic E-state index is 11.1. The normalized spacial score (nSPS) is 20.8. The second kappa shape index (κ2) is 5.71. The smallest absolute Gasteiger partial charge is 0.335 e. The fraction of sp³-hybridized carbons (Fsp3) is 0.533. The lowest BCUT2D eigenvalue weighted by molar-refractivity contribution is -0.384. The quantitative estimate of drug-likeness (QED) is 0.652. The van der Waals surface area contributed by atoms with E-state index in [1.54, 1.807) is 0 Å². The van der Waals surface area contributed by atoms with Gasteiger partial charge in [-0.3, -0.25) is 10.1 Å². The molecule has 114 valence electrons. The molecule has 1 aromatic carbocycles. The second-order valence-electron chi connectivity index (χ2n) is 6.40. The molecule has 1 aliphatic rings. The van der Waals surface area contributed by atoms with E-state index in [-0.39, 0.29) is 22.7 Å². The van der Waals surface area contributed by atoms with Crippen LogP contribution in [0.5, 0.6) is 0 Å². The molecular formula is C15H20N2O4. The number of benzene rings is 1. The first-order valence-corrected chi connectivity index (χ1v) is 7.07. The molecule has 2 N–H and O–H groups in total. The number of rotatable bonds is 4. The van der Waals surface area contributed by atoms with E-state index in [1.165, 1.54) is 12.1 Å². The molecule has 0 heterocycles. The van der Waals surface area contributed by atoms with Crippen LogP contribution in [0.1, 0.15) is 49.9 Å². The van der Waals surface area contributed by atoms with Crippen LogP contribution in [0.4, 0.5) is 11.4 Å². The first-order chi connectivity index (χ1) is 9.78. The number of carbonyl (C=O) groups is 1. The second-order valence-corrected chi connectivity index (χ2v) is 6.40. The summed E-state index contributed by atoms with van der Waals surface area (Å²) in [5, 5.41) is 23.3. The Morgan fingerprint density at radius 3 is 2.76 bits per heavy atom. The number of nitro benzene ring substituents is 1. The van der Waals surface area contributed by atoms with Crippen LogP contribution in [0.15, 0.2) is 18.2 Å². The third-order valence-electron chi connectivity index (χ3n) is 4.01. The van der Waals surface area contributed by atoms with Gasteiger partial charge in [-0.05, 0) is 36.8 Å². The summed E-state index contributed by atoms with van der Waals surface area (Å²) in [6, 6.07) is 4.18. The zero-order valence-electron chi connectivity index (χ0n) is 12.3. The number of aromatic carboxylic acids is 1. The highest BCUT2D eigenvalue weighted by atomic mass is 16.6. The van der Waals surface area contributed by atoms with E-state index in [9.17, 15) is 14.9 Å². The Kier molecular flexibility index (Phi) is 4.16. The van der Waals surface area contributed by atoms with Gasteiger partial charge in [-0.1, -0.05) is 20.3 Å². The van der Waals surface area contributed by atoms with E-state index in [4.69, 9.17) is 5.11 Å². The first-order valence-electron chi connectivity index (χ1n) is 7.07. The van der Waals surface area contributed by atoms with Crippen molar-refractivity contribution in [3.8, 4) is 0 Å². The number of hydrogen-bond donors (Lipinski definition) is 2. The Hall–Kier alpha value is -2.11. The minimum absolute atomic E-state index is 0.0729. The van der Waals surface area contributed by atoms with Gasteiger partial charge in [-0.15, -0.1) is 0 Å². The lowest BCUT2D eigenvalue weighted by Crippen LogP contribution is -2.31. The number of anilines is 1. The van der Waals surface area contributed by atoms with Crippen molar-refractivity contribution in [1.29, 1.82) is 0 Å². The number of carboxylic acids is 1. The zero-order chi connectivity index (χ0) is 15.6. The average Bonchev–Trinajstić information content (AvgIpc) is 2.37. The van der Waals surface area contributed by atoms with Crippen LogP contribution in [0.3, 0.4) is 0 Å². The molecule has 0 bridgehead atoms. The summed E-state index contributed by atoms with van der Waals surface area (Å²) in [5.41, 5.74) is 0.369. The molecule has 0 amide bonds. The summed E-state index contributed by atoms with van der Waals surface area (Å²) in [6.45, 7) is 4.39. The molecule has 1 aliphatic carbocycles. The standard InChI is InChI=1S/C15H20N2O4/c1-15(2)7-3-4-11(9-15)16-12-6-5-10(14(18)19)8-13(12)17(20)21/h5-6,8,11,16H,3-4,7,9H2,1-2H3,(H,18,19). The maximum Gasteiger partial charge on any atom is 0.335 e. The van der Waals surface area contributed by atoms with Crippen molar-refractivity contribution in [3.63, 3.8) is 0 Å². The lowest BCUT2D eigenvalue weighted by Gasteiger charge is -2.35. The molecule has 21 heavy (non-hydrogen) atoms. The number of nitrogens with one attached hydrogen (secondary N) is 1. The van der Waals surface area contributed by atoms with E-state index < -0.39 is 10.9 Å². The van der Waals surface area contributed by atoms with Crippen LogP contribution < -0.4 is 5.32 Å². The third-order valence-corrected chi connectivity index (χ3v) is 4.01. The Morgan fingerprint density at radius 1 is 1.48 bits per heavy atom. The van der Waals surface area contributed by atoms with Gasteiger partial charge in [0.15, 0.2) is 0 Å². The van der Waals surface area contributed by atoms with Crippen molar-refractivity contribution >= 4 is 17.3 Å².